The zero-order chi connectivity index (χ0) is 10.3. The first-order chi connectivity index (χ1) is 7.34. The van der Waals surface area contributed by atoms with Gasteiger partial charge in [0.05, 0.1) is 6.42 Å². The van der Waals surface area contributed by atoms with Crippen molar-refractivity contribution in [2.24, 2.45) is 0 Å². The molecule has 0 radical (unpaired) electrons. The van der Waals surface area contributed by atoms with Crippen molar-refractivity contribution in [3.05, 3.63) is 47.5 Å². The number of nitrogens with zero attached hydrogens (tertiary/aromatic N) is 1. The highest BCUT2D eigenvalue weighted by Gasteiger charge is 2.27. The zero-order valence-electron chi connectivity index (χ0n) is 8.52. The SMILES string of the molecule is O=C1Cc2ccccc2[C@H]2C=CCN1C2. The normalized spacial score (nSPS) is 23.6. The predicted octanol–water partition coefficient (Wildman–Crippen LogP) is 1.72. The maximum absolute atomic E-state index is 11.9. The minimum atomic E-state index is 0.259. The third-order valence-corrected chi connectivity index (χ3v) is 3.26. The summed E-state index contributed by atoms with van der Waals surface area (Å²) in [5, 5.41) is 0. The molecule has 0 unspecified atom stereocenters. The molecule has 15 heavy (non-hydrogen) atoms. The number of hydrogen-bond acceptors (Lipinski definition) is 1. The molecule has 0 saturated heterocycles. The van der Waals surface area contributed by atoms with Crippen LogP contribution in [0.1, 0.15) is 17.0 Å². The van der Waals surface area contributed by atoms with Crippen molar-refractivity contribution < 1.29 is 4.79 Å². The van der Waals surface area contributed by atoms with Crippen LogP contribution in [0.3, 0.4) is 0 Å². The molecule has 2 aliphatic rings. The molecule has 3 rings (SSSR count). The standard InChI is InChI=1S/C13H13NO/c15-13-8-10-4-1-2-6-12(10)11-5-3-7-14(13)9-11/h1-6,11H,7-9H2/t11-/m0/s1. The van der Waals surface area contributed by atoms with Crippen molar-refractivity contribution in [2.45, 2.75) is 12.3 Å². The molecule has 1 atom stereocenters. The number of rotatable bonds is 0. The molecule has 2 bridgehead atoms. The van der Waals surface area contributed by atoms with Gasteiger partial charge in [0.25, 0.3) is 0 Å². The van der Waals surface area contributed by atoms with Crippen LogP contribution in [0.5, 0.6) is 0 Å². The van der Waals surface area contributed by atoms with E-state index < -0.39 is 0 Å². The van der Waals surface area contributed by atoms with Gasteiger partial charge in [-0.15, -0.1) is 0 Å². The Morgan fingerprint density at radius 3 is 3.07 bits per heavy atom. The second-order valence-corrected chi connectivity index (χ2v) is 4.21. The molecule has 2 heterocycles. The minimum absolute atomic E-state index is 0.259. The summed E-state index contributed by atoms with van der Waals surface area (Å²) in [4.78, 5) is 13.8. The van der Waals surface area contributed by atoms with Crippen molar-refractivity contribution in [2.75, 3.05) is 13.1 Å². The first-order valence-corrected chi connectivity index (χ1v) is 5.37. The van der Waals surface area contributed by atoms with E-state index in [-0.39, 0.29) is 5.91 Å². The quantitative estimate of drug-likeness (QED) is 0.583. The molecule has 2 aliphatic heterocycles. The van der Waals surface area contributed by atoms with Gasteiger partial charge >= 0.3 is 0 Å². The maximum atomic E-state index is 11.9. The Balaban J connectivity index is 2.13. The van der Waals surface area contributed by atoms with Crippen molar-refractivity contribution in [1.29, 1.82) is 0 Å². The lowest BCUT2D eigenvalue weighted by atomic mass is 9.93. The van der Waals surface area contributed by atoms with E-state index in [0.717, 1.165) is 13.1 Å². The summed E-state index contributed by atoms with van der Waals surface area (Å²) < 4.78 is 0. The van der Waals surface area contributed by atoms with Gasteiger partial charge in [0, 0.05) is 19.0 Å². The molecule has 0 aromatic heterocycles. The van der Waals surface area contributed by atoms with E-state index in [2.05, 4.69) is 30.4 Å². The highest BCUT2D eigenvalue weighted by Crippen LogP contribution is 2.29. The van der Waals surface area contributed by atoms with Crippen LogP contribution < -0.4 is 0 Å². The number of amides is 1. The van der Waals surface area contributed by atoms with E-state index >= 15 is 0 Å². The Kier molecular flexibility index (Phi) is 1.88. The molecule has 0 saturated carbocycles. The molecular formula is C13H13NO. The van der Waals surface area contributed by atoms with Gasteiger partial charge in [-0.2, -0.15) is 0 Å². The molecule has 1 amide bonds. The molecule has 0 spiro atoms. The Morgan fingerprint density at radius 2 is 2.13 bits per heavy atom. The lowest BCUT2D eigenvalue weighted by molar-refractivity contribution is -0.129. The topological polar surface area (TPSA) is 20.3 Å². The van der Waals surface area contributed by atoms with Gasteiger partial charge in [-0.3, -0.25) is 4.79 Å². The summed E-state index contributed by atoms with van der Waals surface area (Å²) in [6.07, 6.45) is 4.90. The Labute approximate surface area is 89.2 Å². The molecular weight excluding hydrogens is 186 g/mol. The average molecular weight is 199 g/mol. The molecule has 0 fully saturated rings. The van der Waals surface area contributed by atoms with E-state index in [4.69, 9.17) is 0 Å². The molecule has 76 valence electrons. The monoisotopic (exact) mass is 199 g/mol. The van der Waals surface area contributed by atoms with Crippen molar-refractivity contribution in [3.63, 3.8) is 0 Å². The number of carbonyl (C=O) groups excluding carboxylic acids is 1. The Bertz CT molecular complexity index is 436. The first kappa shape index (κ1) is 8.72. The highest BCUT2D eigenvalue weighted by atomic mass is 16.2. The van der Waals surface area contributed by atoms with Crippen LogP contribution in [0, 0.1) is 0 Å². The maximum Gasteiger partial charge on any atom is 0.227 e. The van der Waals surface area contributed by atoms with Crippen molar-refractivity contribution in [3.8, 4) is 0 Å². The van der Waals surface area contributed by atoms with Gasteiger partial charge in [-0.05, 0) is 11.1 Å². The molecule has 1 aromatic rings. The largest absolute Gasteiger partial charge is 0.338 e. The number of fused-ring (bicyclic) bond motifs is 4. The lowest BCUT2D eigenvalue weighted by Gasteiger charge is -2.26. The van der Waals surface area contributed by atoms with Crippen LogP contribution in [0.25, 0.3) is 0 Å². The fourth-order valence-corrected chi connectivity index (χ4v) is 2.46. The van der Waals surface area contributed by atoms with Gasteiger partial charge in [0.2, 0.25) is 5.91 Å². The first-order valence-electron chi connectivity index (χ1n) is 5.37. The Hall–Kier alpha value is -1.57. The minimum Gasteiger partial charge on any atom is -0.338 e. The van der Waals surface area contributed by atoms with Crippen molar-refractivity contribution in [1.82, 2.24) is 4.90 Å². The summed E-state index contributed by atoms with van der Waals surface area (Å²) in [6, 6.07) is 8.29. The predicted molar refractivity (Wildman–Crippen MR) is 58.6 cm³/mol. The number of carbonyl (C=O) groups is 1. The van der Waals surface area contributed by atoms with Crippen LogP contribution >= 0.6 is 0 Å². The van der Waals surface area contributed by atoms with Crippen molar-refractivity contribution >= 4 is 5.91 Å². The van der Waals surface area contributed by atoms with E-state index in [9.17, 15) is 4.79 Å². The van der Waals surface area contributed by atoms with Gasteiger partial charge in [-0.25, -0.2) is 0 Å². The molecule has 0 aliphatic carbocycles. The van der Waals surface area contributed by atoms with Crippen LogP contribution in [-0.4, -0.2) is 23.9 Å². The number of benzene rings is 1. The van der Waals surface area contributed by atoms with Crippen LogP contribution in [0.2, 0.25) is 0 Å². The number of hydrogen-bond donors (Lipinski definition) is 0. The molecule has 1 aromatic carbocycles. The summed E-state index contributed by atoms with van der Waals surface area (Å²) >= 11 is 0. The van der Waals surface area contributed by atoms with Crippen LogP contribution in [0.4, 0.5) is 0 Å². The second-order valence-electron chi connectivity index (χ2n) is 4.21. The third-order valence-electron chi connectivity index (χ3n) is 3.26. The van der Waals surface area contributed by atoms with E-state index in [1.807, 2.05) is 11.0 Å². The molecule has 2 heteroatoms. The highest BCUT2D eigenvalue weighted by molar-refractivity contribution is 5.80. The summed E-state index contributed by atoms with van der Waals surface area (Å²) in [5.74, 6) is 0.663. The fraction of sp³-hybridized carbons (Fsp3) is 0.308. The van der Waals surface area contributed by atoms with Gasteiger partial charge in [0.15, 0.2) is 0 Å². The van der Waals surface area contributed by atoms with E-state index in [0.29, 0.717) is 12.3 Å². The van der Waals surface area contributed by atoms with Crippen LogP contribution in [0.15, 0.2) is 36.4 Å². The van der Waals surface area contributed by atoms with Gasteiger partial charge in [-0.1, -0.05) is 36.4 Å². The van der Waals surface area contributed by atoms with Crippen LogP contribution in [-0.2, 0) is 11.2 Å². The van der Waals surface area contributed by atoms with Gasteiger partial charge in [0.1, 0.15) is 0 Å². The summed E-state index contributed by atoms with van der Waals surface area (Å²) in [6.45, 7) is 1.63. The lowest BCUT2D eigenvalue weighted by Crippen LogP contribution is -2.35. The average Bonchev–Trinajstić information content (AvgIpc) is 2.37. The second kappa shape index (κ2) is 3.23. The fourth-order valence-electron chi connectivity index (χ4n) is 2.46. The zero-order valence-corrected chi connectivity index (χ0v) is 8.52. The van der Waals surface area contributed by atoms with E-state index in [1.165, 1.54) is 11.1 Å². The summed E-state index contributed by atoms with van der Waals surface area (Å²) in [5.41, 5.74) is 2.52. The molecule has 0 N–H and O–H groups in total. The van der Waals surface area contributed by atoms with Gasteiger partial charge < -0.3 is 4.90 Å². The van der Waals surface area contributed by atoms with E-state index in [1.54, 1.807) is 0 Å². The smallest absolute Gasteiger partial charge is 0.227 e. The third kappa shape index (κ3) is 1.37. The summed E-state index contributed by atoms with van der Waals surface area (Å²) in [7, 11) is 0. The Morgan fingerprint density at radius 1 is 1.27 bits per heavy atom. The molecule has 2 nitrogen and oxygen atoms in total.